The van der Waals surface area contributed by atoms with Gasteiger partial charge in [-0.05, 0) is 25.8 Å². The summed E-state index contributed by atoms with van der Waals surface area (Å²) >= 11 is 0. The molecule has 0 aromatic carbocycles. The molecule has 3 heteroatoms. The third-order valence-corrected chi connectivity index (χ3v) is 3.41. The minimum atomic E-state index is -0.252. The van der Waals surface area contributed by atoms with Crippen LogP contribution in [0.5, 0.6) is 0 Å². The van der Waals surface area contributed by atoms with Crippen molar-refractivity contribution in [2.24, 2.45) is 5.92 Å². The molecule has 98 valence electrons. The van der Waals surface area contributed by atoms with Crippen LogP contribution in [-0.4, -0.2) is 17.8 Å². The van der Waals surface area contributed by atoms with Gasteiger partial charge < -0.3 is 14.8 Å². The Bertz CT molecular complexity index is 329. The monoisotopic (exact) mass is 239 g/mol. The fourth-order valence-corrected chi connectivity index (χ4v) is 2.21. The molecule has 0 fully saturated rings. The van der Waals surface area contributed by atoms with Crippen molar-refractivity contribution in [2.75, 3.05) is 6.54 Å². The molecule has 0 aliphatic carbocycles. The summed E-state index contributed by atoms with van der Waals surface area (Å²) in [7, 11) is 0. The highest BCUT2D eigenvalue weighted by Gasteiger charge is 2.15. The van der Waals surface area contributed by atoms with Gasteiger partial charge in [0.05, 0.1) is 6.10 Å². The lowest BCUT2D eigenvalue weighted by molar-refractivity contribution is 0.101. The Hall–Kier alpha value is -0.800. The van der Waals surface area contributed by atoms with E-state index in [9.17, 15) is 5.11 Å². The smallest absolute Gasteiger partial charge is 0.105 e. The second-order valence-corrected chi connectivity index (χ2v) is 4.71. The minimum Gasteiger partial charge on any atom is -0.466 e. The van der Waals surface area contributed by atoms with Crippen LogP contribution in [0, 0.1) is 19.8 Å². The topological polar surface area (TPSA) is 45.4 Å². The van der Waals surface area contributed by atoms with Gasteiger partial charge in [0.2, 0.25) is 0 Å². The molecule has 1 aromatic heterocycles. The van der Waals surface area contributed by atoms with Gasteiger partial charge in [-0.15, -0.1) is 0 Å². The zero-order valence-electron chi connectivity index (χ0n) is 11.4. The third kappa shape index (κ3) is 4.17. The number of aliphatic hydroxyl groups is 1. The molecule has 1 aromatic rings. The van der Waals surface area contributed by atoms with Crippen molar-refractivity contribution in [1.82, 2.24) is 5.32 Å². The van der Waals surface area contributed by atoms with Gasteiger partial charge in [0, 0.05) is 18.7 Å². The predicted octanol–water partition coefficient (Wildman–Crippen LogP) is 2.78. The molecule has 0 saturated carbocycles. The summed E-state index contributed by atoms with van der Waals surface area (Å²) < 4.78 is 5.46. The summed E-state index contributed by atoms with van der Waals surface area (Å²) in [6.45, 7) is 9.59. The largest absolute Gasteiger partial charge is 0.466 e. The maximum atomic E-state index is 9.98. The molecule has 1 atom stereocenters. The first-order chi connectivity index (χ1) is 8.08. The lowest BCUT2D eigenvalue weighted by Gasteiger charge is -2.20. The molecule has 0 bridgehead atoms. The Morgan fingerprint density at radius 3 is 2.41 bits per heavy atom. The number of hydrogen-bond donors (Lipinski definition) is 2. The van der Waals surface area contributed by atoms with Gasteiger partial charge >= 0.3 is 0 Å². The average molecular weight is 239 g/mol. The number of aryl methyl sites for hydroxylation is 2. The molecule has 0 amide bonds. The van der Waals surface area contributed by atoms with Gasteiger partial charge in [-0.2, -0.15) is 0 Å². The van der Waals surface area contributed by atoms with Crippen molar-refractivity contribution < 1.29 is 9.52 Å². The van der Waals surface area contributed by atoms with Crippen molar-refractivity contribution in [3.05, 3.63) is 23.2 Å². The summed E-state index contributed by atoms with van der Waals surface area (Å²) in [5.41, 5.74) is 1.18. The van der Waals surface area contributed by atoms with E-state index in [1.807, 2.05) is 19.9 Å². The number of furan rings is 1. The van der Waals surface area contributed by atoms with Gasteiger partial charge in [-0.1, -0.05) is 26.7 Å². The number of hydrogen-bond acceptors (Lipinski definition) is 3. The van der Waals surface area contributed by atoms with Gasteiger partial charge in [0.15, 0.2) is 0 Å². The molecule has 1 unspecified atom stereocenters. The second kappa shape index (κ2) is 6.82. The summed E-state index contributed by atoms with van der Waals surface area (Å²) in [5, 5.41) is 13.3. The van der Waals surface area contributed by atoms with E-state index in [0.29, 0.717) is 12.5 Å². The van der Waals surface area contributed by atoms with Crippen molar-refractivity contribution in [3.8, 4) is 0 Å². The van der Waals surface area contributed by atoms with Crippen LogP contribution in [-0.2, 0) is 6.54 Å². The molecule has 1 rings (SSSR count). The summed E-state index contributed by atoms with van der Waals surface area (Å²) in [6, 6.07) is 2.05. The van der Waals surface area contributed by atoms with Crippen LogP contribution in [0.25, 0.3) is 0 Å². The fourth-order valence-electron chi connectivity index (χ4n) is 2.21. The molecule has 1 heterocycles. The molecule has 0 radical (unpaired) electrons. The van der Waals surface area contributed by atoms with E-state index in [1.54, 1.807) is 0 Å². The van der Waals surface area contributed by atoms with E-state index in [1.165, 1.54) is 5.56 Å². The Morgan fingerprint density at radius 1 is 1.29 bits per heavy atom. The Labute approximate surface area is 104 Å². The van der Waals surface area contributed by atoms with E-state index in [2.05, 4.69) is 19.2 Å². The Morgan fingerprint density at radius 2 is 1.94 bits per heavy atom. The highest BCUT2D eigenvalue weighted by atomic mass is 16.3. The lowest BCUT2D eigenvalue weighted by Crippen LogP contribution is -2.32. The second-order valence-electron chi connectivity index (χ2n) is 4.71. The quantitative estimate of drug-likeness (QED) is 0.769. The van der Waals surface area contributed by atoms with E-state index < -0.39 is 0 Å². The van der Waals surface area contributed by atoms with E-state index in [-0.39, 0.29) is 6.10 Å². The van der Waals surface area contributed by atoms with Crippen LogP contribution in [0.3, 0.4) is 0 Å². The molecular weight excluding hydrogens is 214 g/mol. The van der Waals surface area contributed by atoms with E-state index in [4.69, 9.17) is 4.42 Å². The molecule has 0 saturated heterocycles. The van der Waals surface area contributed by atoms with E-state index in [0.717, 1.165) is 30.9 Å². The molecule has 3 nitrogen and oxygen atoms in total. The summed E-state index contributed by atoms with van der Waals surface area (Å²) in [5.74, 6) is 2.31. The molecule has 2 N–H and O–H groups in total. The molecule has 0 spiro atoms. The van der Waals surface area contributed by atoms with Crippen LogP contribution in [0.1, 0.15) is 43.8 Å². The zero-order valence-corrected chi connectivity index (χ0v) is 11.4. The molecule has 17 heavy (non-hydrogen) atoms. The van der Waals surface area contributed by atoms with Gasteiger partial charge in [0.1, 0.15) is 11.5 Å². The number of aliphatic hydroxyl groups excluding tert-OH is 1. The van der Waals surface area contributed by atoms with Gasteiger partial charge in [-0.3, -0.25) is 0 Å². The highest BCUT2D eigenvalue weighted by Crippen LogP contribution is 2.14. The molecule has 0 aliphatic heterocycles. The van der Waals surface area contributed by atoms with Crippen LogP contribution in [0.4, 0.5) is 0 Å². The predicted molar refractivity (Wildman–Crippen MR) is 70.0 cm³/mol. The highest BCUT2D eigenvalue weighted by molar-refractivity contribution is 5.19. The first kappa shape index (κ1) is 14.3. The van der Waals surface area contributed by atoms with Crippen LogP contribution >= 0.6 is 0 Å². The SMILES string of the molecule is CCC(CC)C(O)CNCc1cc(C)oc1C. The fraction of sp³-hybridized carbons (Fsp3) is 0.714. The normalized spacial score (nSPS) is 13.3. The third-order valence-electron chi connectivity index (χ3n) is 3.41. The minimum absolute atomic E-state index is 0.252. The van der Waals surface area contributed by atoms with Crippen molar-refractivity contribution in [3.63, 3.8) is 0 Å². The van der Waals surface area contributed by atoms with Crippen molar-refractivity contribution in [2.45, 2.75) is 53.2 Å². The summed E-state index contributed by atoms with van der Waals surface area (Å²) in [6.07, 6.45) is 1.81. The average Bonchev–Trinajstić information content (AvgIpc) is 2.59. The maximum Gasteiger partial charge on any atom is 0.105 e. The lowest BCUT2D eigenvalue weighted by atomic mass is 9.96. The Balaban J connectivity index is 2.35. The maximum absolute atomic E-state index is 9.98. The summed E-state index contributed by atoms with van der Waals surface area (Å²) in [4.78, 5) is 0. The van der Waals surface area contributed by atoms with Crippen molar-refractivity contribution >= 4 is 0 Å². The van der Waals surface area contributed by atoms with Gasteiger partial charge in [-0.25, -0.2) is 0 Å². The van der Waals surface area contributed by atoms with Gasteiger partial charge in [0.25, 0.3) is 0 Å². The number of rotatable bonds is 7. The molecular formula is C14H25NO2. The first-order valence-electron chi connectivity index (χ1n) is 6.53. The number of nitrogens with one attached hydrogen (secondary N) is 1. The van der Waals surface area contributed by atoms with Crippen molar-refractivity contribution in [1.29, 1.82) is 0 Å². The van der Waals surface area contributed by atoms with Crippen LogP contribution in [0.2, 0.25) is 0 Å². The first-order valence-corrected chi connectivity index (χ1v) is 6.53. The van der Waals surface area contributed by atoms with E-state index >= 15 is 0 Å². The zero-order chi connectivity index (χ0) is 12.8. The standard InChI is InChI=1S/C14H25NO2/c1-5-12(6-2)14(16)9-15-8-13-7-10(3)17-11(13)4/h7,12,14-16H,5-6,8-9H2,1-4H3. The van der Waals surface area contributed by atoms with Crippen LogP contribution in [0.15, 0.2) is 10.5 Å². The van der Waals surface area contributed by atoms with Crippen LogP contribution < -0.4 is 5.32 Å². The Kier molecular flexibility index (Phi) is 5.72. The molecule has 0 aliphatic rings.